The maximum atomic E-state index is 13.9. The van der Waals surface area contributed by atoms with Crippen molar-refractivity contribution in [2.24, 2.45) is 5.92 Å². The molecule has 2 aromatic rings. The van der Waals surface area contributed by atoms with E-state index in [1.165, 1.54) is 24.8 Å². The second-order valence-corrected chi connectivity index (χ2v) is 10.8. The van der Waals surface area contributed by atoms with Crippen LogP contribution in [0.5, 0.6) is 5.75 Å². The Morgan fingerprint density at radius 2 is 1.80 bits per heavy atom. The highest BCUT2D eigenvalue weighted by Crippen LogP contribution is 2.50. The number of methoxy groups -OCH3 is 1. The fraction of sp³-hybridized carbons (Fsp3) is 0.517. The molecule has 6 heteroatoms. The quantitative estimate of drug-likeness (QED) is 0.566. The number of nitrogens with zero attached hydrogens (tertiary/aromatic N) is 4. The number of hydrogen-bond acceptors (Lipinski definition) is 4. The molecule has 2 aromatic carbocycles. The molecule has 2 amide bonds. The van der Waals surface area contributed by atoms with Gasteiger partial charge in [-0.25, -0.2) is 4.79 Å². The van der Waals surface area contributed by atoms with Gasteiger partial charge in [0, 0.05) is 12.1 Å². The standard InChI is InChI=1S/C29H36N4O2/c1-31(2)29(24-10-5-4-6-11-24)16-14-28(15-17-29)21-32(27(34)33(28)20-22-8-7-9-22)26-13-12-25(35-3)18-23(26)19-30/h4-6,10-13,18,22H,7-9,14-17,20-21H2,1-3H3/t28-,29+. The number of anilines is 1. The monoisotopic (exact) mass is 472 g/mol. The summed E-state index contributed by atoms with van der Waals surface area (Å²) in [5.74, 6) is 1.23. The summed E-state index contributed by atoms with van der Waals surface area (Å²) >= 11 is 0. The van der Waals surface area contributed by atoms with Gasteiger partial charge in [-0.1, -0.05) is 36.8 Å². The van der Waals surface area contributed by atoms with Crippen molar-refractivity contribution >= 4 is 11.7 Å². The second-order valence-electron chi connectivity index (χ2n) is 10.8. The molecule has 6 nitrogen and oxygen atoms in total. The summed E-state index contributed by atoms with van der Waals surface area (Å²) in [6.45, 7) is 1.46. The van der Waals surface area contributed by atoms with Gasteiger partial charge in [0.2, 0.25) is 0 Å². The molecule has 1 heterocycles. The van der Waals surface area contributed by atoms with Crippen molar-refractivity contribution in [2.45, 2.75) is 56.0 Å². The highest BCUT2D eigenvalue weighted by atomic mass is 16.5. The average molecular weight is 473 g/mol. The van der Waals surface area contributed by atoms with Gasteiger partial charge >= 0.3 is 6.03 Å². The lowest BCUT2D eigenvalue weighted by molar-refractivity contribution is 0.0172. The normalized spacial score (nSPS) is 26.8. The van der Waals surface area contributed by atoms with Crippen molar-refractivity contribution in [2.75, 3.05) is 39.2 Å². The van der Waals surface area contributed by atoms with Gasteiger partial charge in [-0.2, -0.15) is 5.26 Å². The van der Waals surface area contributed by atoms with E-state index in [-0.39, 0.29) is 17.1 Å². The molecule has 1 aliphatic heterocycles. The summed E-state index contributed by atoms with van der Waals surface area (Å²) in [4.78, 5) is 20.4. The first-order chi connectivity index (χ1) is 16.9. The summed E-state index contributed by atoms with van der Waals surface area (Å²) in [6, 6.07) is 18.6. The van der Waals surface area contributed by atoms with Gasteiger partial charge < -0.3 is 9.64 Å². The zero-order valence-corrected chi connectivity index (χ0v) is 21.2. The molecule has 0 N–H and O–H groups in total. The van der Waals surface area contributed by atoms with Crippen LogP contribution in [0, 0.1) is 17.2 Å². The van der Waals surface area contributed by atoms with Gasteiger partial charge in [0.25, 0.3) is 0 Å². The Kier molecular flexibility index (Phi) is 6.23. The zero-order valence-electron chi connectivity index (χ0n) is 21.2. The topological polar surface area (TPSA) is 59.8 Å². The molecule has 1 saturated heterocycles. The lowest BCUT2D eigenvalue weighted by atomic mass is 9.68. The molecule has 0 atom stereocenters. The Hall–Kier alpha value is -3.04. The minimum atomic E-state index is -0.201. The molecular formula is C29H36N4O2. The number of nitriles is 1. The van der Waals surface area contributed by atoms with Crippen molar-refractivity contribution in [3.63, 3.8) is 0 Å². The Morgan fingerprint density at radius 3 is 2.37 bits per heavy atom. The summed E-state index contributed by atoms with van der Waals surface area (Å²) in [5.41, 5.74) is 2.31. The molecule has 3 aliphatic rings. The van der Waals surface area contributed by atoms with Gasteiger partial charge in [0.15, 0.2) is 0 Å². The Morgan fingerprint density at radius 1 is 1.09 bits per heavy atom. The average Bonchev–Trinajstić information content (AvgIpc) is 3.12. The van der Waals surface area contributed by atoms with Crippen LogP contribution < -0.4 is 9.64 Å². The third-order valence-corrected chi connectivity index (χ3v) is 8.94. The second kappa shape index (κ2) is 9.20. The van der Waals surface area contributed by atoms with Crippen LogP contribution in [-0.4, -0.2) is 55.7 Å². The van der Waals surface area contributed by atoms with E-state index in [9.17, 15) is 10.1 Å². The molecule has 184 valence electrons. The van der Waals surface area contributed by atoms with Crippen LogP contribution in [0.3, 0.4) is 0 Å². The first kappa shape index (κ1) is 23.7. The number of hydrogen-bond donors (Lipinski definition) is 0. The van der Waals surface area contributed by atoms with Gasteiger partial charge in [-0.3, -0.25) is 9.80 Å². The van der Waals surface area contributed by atoms with Crippen LogP contribution in [0.4, 0.5) is 10.5 Å². The van der Waals surface area contributed by atoms with E-state index < -0.39 is 0 Å². The van der Waals surface area contributed by atoms with E-state index >= 15 is 0 Å². The molecule has 0 aromatic heterocycles. The highest BCUT2D eigenvalue weighted by molar-refractivity contribution is 5.97. The number of carbonyl (C=O) groups excluding carboxylic acids is 1. The number of carbonyl (C=O) groups is 1. The van der Waals surface area contributed by atoms with Crippen molar-refractivity contribution in [3.05, 3.63) is 59.7 Å². The van der Waals surface area contributed by atoms with Gasteiger partial charge in [-0.05, 0) is 82.3 Å². The fourth-order valence-corrected chi connectivity index (χ4v) is 6.46. The van der Waals surface area contributed by atoms with Crippen LogP contribution in [-0.2, 0) is 5.54 Å². The predicted octanol–water partition coefficient (Wildman–Crippen LogP) is 5.38. The minimum absolute atomic E-state index is 0.0248. The number of ether oxygens (including phenoxy) is 1. The Balaban J connectivity index is 1.48. The molecule has 2 aliphatic carbocycles. The van der Waals surface area contributed by atoms with E-state index in [1.54, 1.807) is 13.2 Å². The van der Waals surface area contributed by atoms with Crippen LogP contribution in [0.25, 0.3) is 0 Å². The summed E-state index contributed by atoms with van der Waals surface area (Å²) in [5, 5.41) is 9.84. The number of urea groups is 1. The maximum Gasteiger partial charge on any atom is 0.325 e. The van der Waals surface area contributed by atoms with E-state index in [0.717, 1.165) is 32.2 Å². The first-order valence-electron chi connectivity index (χ1n) is 12.8. The lowest BCUT2D eigenvalue weighted by Gasteiger charge is -2.51. The molecule has 1 spiro atoms. The molecule has 0 bridgehead atoms. The van der Waals surface area contributed by atoms with E-state index in [1.807, 2.05) is 17.0 Å². The number of rotatable bonds is 6. The van der Waals surface area contributed by atoms with Gasteiger partial charge in [0.1, 0.15) is 11.8 Å². The van der Waals surface area contributed by atoms with Crippen molar-refractivity contribution in [3.8, 4) is 11.8 Å². The van der Waals surface area contributed by atoms with Crippen molar-refractivity contribution < 1.29 is 9.53 Å². The Labute approximate surface area is 209 Å². The smallest absolute Gasteiger partial charge is 0.325 e. The largest absolute Gasteiger partial charge is 0.497 e. The summed E-state index contributed by atoms with van der Waals surface area (Å²) in [7, 11) is 5.96. The van der Waals surface area contributed by atoms with Crippen molar-refractivity contribution in [1.29, 1.82) is 5.26 Å². The molecule has 0 radical (unpaired) electrons. The van der Waals surface area contributed by atoms with E-state index in [4.69, 9.17) is 4.74 Å². The zero-order chi connectivity index (χ0) is 24.6. The molecule has 5 rings (SSSR count). The van der Waals surface area contributed by atoms with Crippen molar-refractivity contribution in [1.82, 2.24) is 9.80 Å². The van der Waals surface area contributed by atoms with Crippen LogP contribution >= 0.6 is 0 Å². The molecule has 0 unspecified atom stereocenters. The van der Waals surface area contributed by atoms with E-state index in [0.29, 0.717) is 29.5 Å². The van der Waals surface area contributed by atoms with Gasteiger partial charge in [-0.15, -0.1) is 0 Å². The third kappa shape index (κ3) is 3.96. The minimum Gasteiger partial charge on any atom is -0.497 e. The predicted molar refractivity (Wildman–Crippen MR) is 138 cm³/mol. The SMILES string of the molecule is COc1ccc(N2C[C@]3(CC[C@](c4ccccc4)(N(C)C)CC3)N(CC3CCC3)C2=O)c(C#N)c1. The molecule has 2 saturated carbocycles. The van der Waals surface area contributed by atoms with Gasteiger partial charge in [0.05, 0.1) is 30.4 Å². The summed E-state index contributed by atoms with van der Waals surface area (Å²) in [6.07, 6.45) is 7.58. The maximum absolute atomic E-state index is 13.9. The molecule has 3 fully saturated rings. The molecule has 35 heavy (non-hydrogen) atoms. The summed E-state index contributed by atoms with van der Waals surface area (Å²) < 4.78 is 5.32. The number of benzene rings is 2. The lowest BCUT2D eigenvalue weighted by Crippen LogP contribution is -2.56. The molecular weight excluding hydrogens is 436 g/mol. The van der Waals surface area contributed by atoms with Crippen LogP contribution in [0.2, 0.25) is 0 Å². The van der Waals surface area contributed by atoms with Crippen LogP contribution in [0.1, 0.15) is 56.1 Å². The third-order valence-electron chi connectivity index (χ3n) is 8.94. The first-order valence-corrected chi connectivity index (χ1v) is 12.8. The fourth-order valence-electron chi connectivity index (χ4n) is 6.46. The Bertz CT molecular complexity index is 1110. The number of amides is 2. The van der Waals surface area contributed by atoms with E-state index in [2.05, 4.69) is 60.3 Å². The highest BCUT2D eigenvalue weighted by Gasteiger charge is 2.55. The van der Waals surface area contributed by atoms with Crippen LogP contribution in [0.15, 0.2) is 48.5 Å².